The van der Waals surface area contributed by atoms with Gasteiger partial charge in [0.25, 0.3) is 0 Å². The molecule has 0 aromatic heterocycles. The van der Waals surface area contributed by atoms with Crippen molar-refractivity contribution in [2.24, 2.45) is 11.3 Å². The van der Waals surface area contributed by atoms with Crippen molar-refractivity contribution in [1.29, 1.82) is 0 Å². The van der Waals surface area contributed by atoms with E-state index in [1.165, 1.54) is 0 Å². The van der Waals surface area contributed by atoms with E-state index in [1.807, 2.05) is 13.8 Å². The van der Waals surface area contributed by atoms with Crippen molar-refractivity contribution < 1.29 is 14.6 Å². The van der Waals surface area contributed by atoms with Gasteiger partial charge in [0.2, 0.25) is 0 Å². The van der Waals surface area contributed by atoms with Crippen LogP contribution in [-0.4, -0.2) is 23.8 Å². The standard InChI is InChI=1S/C9H16O3/c1-6(2)9(7(3)10)4-5-12-8(9)11/h6-7,10H,4-5H2,1-3H3. The smallest absolute Gasteiger partial charge is 0.315 e. The van der Waals surface area contributed by atoms with E-state index in [1.54, 1.807) is 6.92 Å². The van der Waals surface area contributed by atoms with Crippen LogP contribution in [0.4, 0.5) is 0 Å². The molecule has 0 bridgehead atoms. The zero-order chi connectivity index (χ0) is 9.35. The number of ether oxygens (including phenoxy) is 1. The van der Waals surface area contributed by atoms with Gasteiger partial charge in [-0.05, 0) is 12.8 Å². The summed E-state index contributed by atoms with van der Waals surface area (Å²) in [5.74, 6) is -0.111. The molecule has 1 aliphatic heterocycles. The molecule has 2 atom stereocenters. The fourth-order valence-corrected chi connectivity index (χ4v) is 1.94. The number of esters is 1. The maximum Gasteiger partial charge on any atom is 0.315 e. The van der Waals surface area contributed by atoms with Gasteiger partial charge < -0.3 is 9.84 Å². The first-order valence-corrected chi connectivity index (χ1v) is 4.37. The lowest BCUT2D eigenvalue weighted by Gasteiger charge is -2.31. The van der Waals surface area contributed by atoms with Crippen molar-refractivity contribution in [2.75, 3.05) is 6.61 Å². The second kappa shape index (κ2) is 3.05. The first-order chi connectivity index (χ1) is 5.51. The Morgan fingerprint density at radius 3 is 2.25 bits per heavy atom. The zero-order valence-electron chi connectivity index (χ0n) is 7.83. The molecule has 0 saturated carbocycles. The van der Waals surface area contributed by atoms with Gasteiger partial charge in [0, 0.05) is 6.42 Å². The van der Waals surface area contributed by atoms with Gasteiger partial charge >= 0.3 is 5.97 Å². The Morgan fingerprint density at radius 1 is 1.50 bits per heavy atom. The summed E-state index contributed by atoms with van der Waals surface area (Å²) >= 11 is 0. The highest BCUT2D eigenvalue weighted by Gasteiger charge is 2.50. The zero-order valence-corrected chi connectivity index (χ0v) is 7.83. The Morgan fingerprint density at radius 2 is 2.08 bits per heavy atom. The highest BCUT2D eigenvalue weighted by atomic mass is 16.5. The van der Waals surface area contributed by atoms with Crippen LogP contribution in [0.5, 0.6) is 0 Å². The third kappa shape index (κ3) is 1.12. The summed E-state index contributed by atoms with van der Waals surface area (Å²) in [5.41, 5.74) is -0.653. The summed E-state index contributed by atoms with van der Waals surface area (Å²) in [6.45, 7) is 5.99. The van der Waals surface area contributed by atoms with Crippen molar-refractivity contribution >= 4 is 5.97 Å². The van der Waals surface area contributed by atoms with Crippen molar-refractivity contribution in [2.45, 2.75) is 33.3 Å². The highest BCUT2D eigenvalue weighted by Crippen LogP contribution is 2.40. The molecule has 3 nitrogen and oxygen atoms in total. The molecule has 70 valence electrons. The van der Waals surface area contributed by atoms with Crippen molar-refractivity contribution in [3.8, 4) is 0 Å². The van der Waals surface area contributed by atoms with Crippen molar-refractivity contribution in [3.63, 3.8) is 0 Å². The van der Waals surface area contributed by atoms with Crippen LogP contribution >= 0.6 is 0 Å². The molecule has 0 spiro atoms. The normalized spacial score (nSPS) is 32.2. The molecule has 1 N–H and O–H groups in total. The molecule has 0 aromatic rings. The fraction of sp³-hybridized carbons (Fsp3) is 0.889. The van der Waals surface area contributed by atoms with Gasteiger partial charge in [0.05, 0.1) is 18.1 Å². The van der Waals surface area contributed by atoms with E-state index in [-0.39, 0.29) is 11.9 Å². The van der Waals surface area contributed by atoms with E-state index in [4.69, 9.17) is 4.74 Å². The summed E-state index contributed by atoms with van der Waals surface area (Å²) in [6.07, 6.45) is 0.0220. The Kier molecular flexibility index (Phi) is 2.42. The molecule has 1 heterocycles. The van der Waals surface area contributed by atoms with E-state index < -0.39 is 11.5 Å². The molecule has 0 aromatic carbocycles. The van der Waals surface area contributed by atoms with Crippen LogP contribution in [0.2, 0.25) is 0 Å². The van der Waals surface area contributed by atoms with E-state index in [2.05, 4.69) is 0 Å². The van der Waals surface area contributed by atoms with Gasteiger partial charge in [-0.3, -0.25) is 4.79 Å². The molecular formula is C9H16O3. The van der Waals surface area contributed by atoms with Crippen LogP contribution in [0.1, 0.15) is 27.2 Å². The first-order valence-electron chi connectivity index (χ1n) is 4.37. The average Bonchev–Trinajstić information content (AvgIpc) is 2.31. The number of rotatable bonds is 2. The third-order valence-corrected chi connectivity index (χ3v) is 2.90. The molecule has 12 heavy (non-hydrogen) atoms. The van der Waals surface area contributed by atoms with Gasteiger partial charge in [-0.15, -0.1) is 0 Å². The topological polar surface area (TPSA) is 46.5 Å². The van der Waals surface area contributed by atoms with Gasteiger partial charge in [0.1, 0.15) is 0 Å². The fourth-order valence-electron chi connectivity index (χ4n) is 1.94. The number of carbonyl (C=O) groups is 1. The summed E-state index contributed by atoms with van der Waals surface area (Å²) in [7, 11) is 0. The molecule has 1 saturated heterocycles. The summed E-state index contributed by atoms with van der Waals surface area (Å²) in [4.78, 5) is 11.4. The van der Waals surface area contributed by atoms with Gasteiger partial charge in [0.15, 0.2) is 0 Å². The molecule has 1 fully saturated rings. The van der Waals surface area contributed by atoms with E-state index >= 15 is 0 Å². The van der Waals surface area contributed by atoms with Crippen LogP contribution < -0.4 is 0 Å². The minimum atomic E-state index is -0.653. The molecule has 0 radical (unpaired) electrons. The van der Waals surface area contributed by atoms with Crippen molar-refractivity contribution in [3.05, 3.63) is 0 Å². The summed E-state index contributed by atoms with van der Waals surface area (Å²) in [5, 5.41) is 9.54. The Labute approximate surface area is 72.7 Å². The van der Waals surface area contributed by atoms with Crippen LogP contribution in [0.15, 0.2) is 0 Å². The minimum absolute atomic E-state index is 0.132. The number of hydrogen-bond acceptors (Lipinski definition) is 3. The molecule has 1 aliphatic rings. The Hall–Kier alpha value is -0.570. The molecular weight excluding hydrogens is 156 g/mol. The second-order valence-electron chi connectivity index (χ2n) is 3.76. The third-order valence-electron chi connectivity index (χ3n) is 2.90. The van der Waals surface area contributed by atoms with Crippen LogP contribution in [-0.2, 0) is 9.53 Å². The maximum atomic E-state index is 11.4. The molecule has 2 unspecified atom stereocenters. The minimum Gasteiger partial charge on any atom is -0.465 e. The van der Waals surface area contributed by atoms with Crippen LogP contribution in [0.3, 0.4) is 0 Å². The average molecular weight is 172 g/mol. The molecule has 1 rings (SSSR count). The van der Waals surface area contributed by atoms with Gasteiger partial charge in [-0.25, -0.2) is 0 Å². The lowest BCUT2D eigenvalue weighted by molar-refractivity contribution is -0.154. The van der Waals surface area contributed by atoms with Crippen LogP contribution in [0, 0.1) is 11.3 Å². The monoisotopic (exact) mass is 172 g/mol. The number of aliphatic hydroxyl groups excluding tert-OH is 1. The lowest BCUT2D eigenvalue weighted by atomic mass is 9.72. The maximum absolute atomic E-state index is 11.4. The van der Waals surface area contributed by atoms with E-state index in [0.29, 0.717) is 13.0 Å². The number of carbonyl (C=O) groups excluding carboxylic acids is 1. The Balaban J connectivity index is 2.93. The van der Waals surface area contributed by atoms with E-state index in [9.17, 15) is 9.90 Å². The SMILES string of the molecule is CC(C)C1(C(C)O)CCOC1=O. The summed E-state index contributed by atoms with van der Waals surface area (Å²) < 4.78 is 4.89. The molecule has 0 aliphatic carbocycles. The quantitative estimate of drug-likeness (QED) is 0.631. The predicted octanol–water partition coefficient (Wildman–Crippen LogP) is 0.956. The first kappa shape index (κ1) is 9.52. The lowest BCUT2D eigenvalue weighted by Crippen LogP contribution is -2.42. The second-order valence-corrected chi connectivity index (χ2v) is 3.76. The molecule has 0 amide bonds. The Bertz CT molecular complexity index is 176. The highest BCUT2D eigenvalue weighted by molar-refractivity contribution is 5.79. The predicted molar refractivity (Wildman–Crippen MR) is 44.5 cm³/mol. The molecule has 3 heteroatoms. The van der Waals surface area contributed by atoms with Gasteiger partial charge in [-0.1, -0.05) is 13.8 Å². The number of hydrogen-bond donors (Lipinski definition) is 1. The van der Waals surface area contributed by atoms with E-state index in [0.717, 1.165) is 0 Å². The van der Waals surface area contributed by atoms with Crippen molar-refractivity contribution in [1.82, 2.24) is 0 Å². The number of aliphatic hydroxyl groups is 1. The number of cyclic esters (lactones) is 1. The van der Waals surface area contributed by atoms with Crippen LogP contribution in [0.25, 0.3) is 0 Å². The summed E-state index contributed by atoms with van der Waals surface area (Å²) in [6, 6.07) is 0. The largest absolute Gasteiger partial charge is 0.465 e. The van der Waals surface area contributed by atoms with Gasteiger partial charge in [-0.2, -0.15) is 0 Å².